The van der Waals surface area contributed by atoms with E-state index in [0.29, 0.717) is 46.6 Å². The average Bonchev–Trinajstić information content (AvgIpc) is 3.32. The summed E-state index contributed by atoms with van der Waals surface area (Å²) < 4.78 is 32.6. The van der Waals surface area contributed by atoms with Crippen LogP contribution in [-0.2, 0) is 9.84 Å². The zero-order valence-corrected chi connectivity index (χ0v) is 22.3. The molecule has 2 aromatic heterocycles. The molecule has 1 saturated heterocycles. The summed E-state index contributed by atoms with van der Waals surface area (Å²) in [6.07, 6.45) is 8.94. The van der Waals surface area contributed by atoms with Crippen molar-refractivity contribution in [3.05, 3.63) is 65.6 Å². The van der Waals surface area contributed by atoms with Crippen molar-refractivity contribution < 1.29 is 13.2 Å². The van der Waals surface area contributed by atoms with Crippen LogP contribution < -0.4 is 10.5 Å². The minimum atomic E-state index is -3.48. The van der Waals surface area contributed by atoms with Crippen LogP contribution in [0.25, 0.3) is 11.1 Å². The first kappa shape index (κ1) is 26.7. The third-order valence-electron chi connectivity index (χ3n) is 6.61. The van der Waals surface area contributed by atoms with E-state index in [1.54, 1.807) is 52.9 Å². The molecule has 1 aliphatic rings. The number of nitriles is 2. The minimum Gasteiger partial charge on any atom is -0.484 e. The zero-order valence-electron chi connectivity index (χ0n) is 21.5. The molecule has 1 aliphatic heterocycles. The minimum absolute atomic E-state index is 0.0800. The second-order valence-electron chi connectivity index (χ2n) is 9.24. The van der Waals surface area contributed by atoms with Crippen molar-refractivity contribution in [1.29, 1.82) is 10.5 Å². The van der Waals surface area contributed by atoms with Crippen molar-refractivity contribution in [3.8, 4) is 18.0 Å². The molecule has 0 saturated carbocycles. The van der Waals surface area contributed by atoms with Crippen LogP contribution in [0.5, 0.6) is 5.75 Å². The summed E-state index contributed by atoms with van der Waals surface area (Å²) in [5.41, 5.74) is 9.45. The number of allylic oxidation sites excluding steroid dienone is 1. The van der Waals surface area contributed by atoms with E-state index in [1.807, 2.05) is 6.92 Å². The summed E-state index contributed by atoms with van der Waals surface area (Å²) in [4.78, 5) is 6.78. The van der Waals surface area contributed by atoms with Gasteiger partial charge in [-0.15, -0.1) is 0 Å². The highest BCUT2D eigenvalue weighted by Gasteiger charge is 2.23. The molecule has 38 heavy (non-hydrogen) atoms. The van der Waals surface area contributed by atoms with Gasteiger partial charge in [-0.3, -0.25) is 4.99 Å². The van der Waals surface area contributed by atoms with E-state index >= 15 is 0 Å². The van der Waals surface area contributed by atoms with Gasteiger partial charge in [0, 0.05) is 54.2 Å². The number of piperidine rings is 1. The predicted molar refractivity (Wildman–Crippen MR) is 144 cm³/mol. The monoisotopic (exact) mass is 531 g/mol. The van der Waals surface area contributed by atoms with Gasteiger partial charge in [-0.25, -0.2) is 12.9 Å². The molecule has 0 radical (unpaired) electrons. The smallest absolute Gasteiger partial charge is 0.179 e. The number of sulfone groups is 1. The Morgan fingerprint density at radius 1 is 1.29 bits per heavy atom. The van der Waals surface area contributed by atoms with Crippen molar-refractivity contribution in [2.24, 2.45) is 10.7 Å². The number of nitrogens with two attached hydrogens (primary N) is 1. The SMILES string of the molecule is CC(=NC1CCN(C#N)CC1)/C(=C\N)c1cc(OC(C)c2ccccc2S(C)(=O)=O)c2c(C#N)cnn2c1. The molecular formula is C27H29N7O3S. The molecule has 3 heterocycles. The lowest BCUT2D eigenvalue weighted by Gasteiger charge is -2.26. The van der Waals surface area contributed by atoms with E-state index in [-0.39, 0.29) is 10.9 Å². The topological polar surface area (TPSA) is 150 Å². The van der Waals surface area contributed by atoms with E-state index in [1.165, 1.54) is 12.4 Å². The van der Waals surface area contributed by atoms with Gasteiger partial charge >= 0.3 is 0 Å². The summed E-state index contributed by atoms with van der Waals surface area (Å²) in [7, 11) is -3.48. The molecule has 0 bridgehead atoms. The average molecular weight is 532 g/mol. The molecular weight excluding hydrogens is 502 g/mol. The normalized spacial score (nSPS) is 16.2. The first-order chi connectivity index (χ1) is 18.2. The van der Waals surface area contributed by atoms with Gasteiger partial charge in [0.1, 0.15) is 29.0 Å². The molecule has 0 aliphatic carbocycles. The summed E-state index contributed by atoms with van der Waals surface area (Å²) in [6.45, 7) is 4.98. The van der Waals surface area contributed by atoms with E-state index in [9.17, 15) is 13.7 Å². The van der Waals surface area contributed by atoms with Crippen molar-refractivity contribution in [1.82, 2.24) is 14.5 Å². The number of aliphatic imine (C=N–C) groups is 1. The van der Waals surface area contributed by atoms with Gasteiger partial charge in [0.25, 0.3) is 0 Å². The summed E-state index contributed by atoms with van der Waals surface area (Å²) in [5.74, 6) is 0.363. The Hall–Kier alpha value is -4.35. The summed E-state index contributed by atoms with van der Waals surface area (Å²) >= 11 is 0. The number of hydrogen-bond donors (Lipinski definition) is 1. The fourth-order valence-electron chi connectivity index (χ4n) is 4.68. The zero-order chi connectivity index (χ0) is 27.4. The molecule has 196 valence electrons. The third-order valence-corrected chi connectivity index (χ3v) is 7.78. The van der Waals surface area contributed by atoms with Crippen molar-refractivity contribution in [2.75, 3.05) is 19.3 Å². The Balaban J connectivity index is 1.73. The van der Waals surface area contributed by atoms with Gasteiger partial charge < -0.3 is 15.4 Å². The van der Waals surface area contributed by atoms with Crippen LogP contribution in [0.15, 0.2) is 58.8 Å². The van der Waals surface area contributed by atoms with E-state index < -0.39 is 15.9 Å². The Bertz CT molecular complexity index is 1600. The molecule has 1 unspecified atom stereocenters. The standard InChI is InChI=1S/C27H29N7O3S/c1-18(32-22-8-10-33(17-30)11-9-22)24(14-29)20-12-25(27-21(13-28)15-31-34(27)16-20)37-19(2)23-6-4-5-7-26(23)38(3,35)36/h4-7,12,14-16,19,22H,8-11,29H2,1-3H3/b24-14+,32-18?. The van der Waals surface area contributed by atoms with Crippen LogP contribution in [0.4, 0.5) is 0 Å². The van der Waals surface area contributed by atoms with E-state index in [4.69, 9.17) is 20.7 Å². The molecule has 3 aromatic rings. The molecule has 11 heteroatoms. The predicted octanol–water partition coefficient (Wildman–Crippen LogP) is 3.46. The molecule has 2 N–H and O–H groups in total. The number of benzene rings is 1. The quantitative estimate of drug-likeness (QED) is 0.360. The maximum atomic E-state index is 12.4. The number of ether oxygens (including phenoxy) is 1. The second kappa shape index (κ2) is 11.0. The van der Waals surface area contributed by atoms with Gasteiger partial charge in [-0.2, -0.15) is 15.6 Å². The highest BCUT2D eigenvalue weighted by Crippen LogP contribution is 2.33. The van der Waals surface area contributed by atoms with Crippen LogP contribution in [0.2, 0.25) is 0 Å². The maximum absolute atomic E-state index is 12.4. The lowest BCUT2D eigenvalue weighted by Crippen LogP contribution is -2.32. The van der Waals surface area contributed by atoms with Gasteiger partial charge in [-0.1, -0.05) is 18.2 Å². The van der Waals surface area contributed by atoms with Gasteiger partial charge in [0.05, 0.1) is 17.1 Å². The van der Waals surface area contributed by atoms with Crippen LogP contribution in [0, 0.1) is 22.8 Å². The Kier molecular flexibility index (Phi) is 7.70. The fourth-order valence-corrected chi connectivity index (χ4v) is 5.66. The van der Waals surface area contributed by atoms with Crippen molar-refractivity contribution >= 4 is 26.6 Å². The van der Waals surface area contributed by atoms with Crippen molar-refractivity contribution in [2.45, 2.75) is 43.7 Å². The lowest BCUT2D eigenvalue weighted by molar-refractivity contribution is 0.225. The van der Waals surface area contributed by atoms with Crippen LogP contribution in [0.1, 0.15) is 49.5 Å². The number of nitrogens with zero attached hydrogens (tertiary/aromatic N) is 6. The van der Waals surface area contributed by atoms with Crippen LogP contribution >= 0.6 is 0 Å². The molecule has 1 aromatic carbocycles. The highest BCUT2D eigenvalue weighted by atomic mass is 32.2. The number of fused-ring (bicyclic) bond motifs is 1. The fraction of sp³-hybridized carbons (Fsp3) is 0.333. The lowest BCUT2D eigenvalue weighted by atomic mass is 10.0. The van der Waals surface area contributed by atoms with Gasteiger partial charge in [0.2, 0.25) is 0 Å². The number of aromatic nitrogens is 2. The van der Waals surface area contributed by atoms with Crippen LogP contribution in [-0.4, -0.2) is 54.0 Å². The first-order valence-corrected chi connectivity index (χ1v) is 14.0. The third kappa shape index (κ3) is 5.48. The first-order valence-electron chi connectivity index (χ1n) is 12.1. The number of likely N-dealkylation sites (tertiary alicyclic amines) is 1. The molecule has 1 atom stereocenters. The largest absolute Gasteiger partial charge is 0.484 e. The van der Waals surface area contributed by atoms with Crippen LogP contribution in [0.3, 0.4) is 0 Å². The van der Waals surface area contributed by atoms with E-state index in [2.05, 4.69) is 17.4 Å². The van der Waals surface area contributed by atoms with Gasteiger partial charge in [-0.05, 0) is 38.8 Å². The molecule has 1 fully saturated rings. The number of rotatable bonds is 7. The Labute approximate surface area is 222 Å². The Morgan fingerprint density at radius 2 is 2.00 bits per heavy atom. The maximum Gasteiger partial charge on any atom is 0.179 e. The van der Waals surface area contributed by atoms with Gasteiger partial charge in [0.15, 0.2) is 16.0 Å². The Morgan fingerprint density at radius 3 is 2.63 bits per heavy atom. The molecule has 10 nitrogen and oxygen atoms in total. The number of pyridine rings is 1. The summed E-state index contributed by atoms with van der Waals surface area (Å²) in [5, 5.41) is 23.1. The molecule has 0 amide bonds. The second-order valence-corrected chi connectivity index (χ2v) is 11.2. The molecule has 0 spiro atoms. The van der Waals surface area contributed by atoms with E-state index in [0.717, 1.165) is 24.8 Å². The number of hydrogen-bond acceptors (Lipinski definition) is 9. The van der Waals surface area contributed by atoms with Crippen molar-refractivity contribution in [3.63, 3.8) is 0 Å². The molecule has 4 rings (SSSR count). The highest BCUT2D eigenvalue weighted by molar-refractivity contribution is 7.90. The summed E-state index contributed by atoms with van der Waals surface area (Å²) in [6, 6.07) is 10.7.